The largest absolute Gasteiger partial charge is 0.493 e. The molecule has 0 fully saturated rings. The minimum absolute atomic E-state index is 0.223. The van der Waals surface area contributed by atoms with Gasteiger partial charge >= 0.3 is 0 Å². The molecular formula is C21H18ClN3O3. The molecule has 0 aliphatic carbocycles. The Balaban J connectivity index is 1.86. The smallest absolute Gasteiger partial charge is 0.298 e. The standard InChI is InChI=1S/C21H18ClN3O3/c1-13-15(22)5-4-6-17(13)25-10-9-24-12-16(23-20(24)21(25)26)14-7-8-18(27-2)19(11-14)28-3/h4-12H,1-3H3. The van der Waals surface area contributed by atoms with Crippen molar-refractivity contribution in [2.45, 2.75) is 6.92 Å². The minimum Gasteiger partial charge on any atom is -0.493 e. The molecule has 0 atom stereocenters. The van der Waals surface area contributed by atoms with E-state index in [0.717, 1.165) is 16.8 Å². The Kier molecular flexibility index (Phi) is 4.57. The number of ether oxygens (including phenoxy) is 2. The van der Waals surface area contributed by atoms with E-state index >= 15 is 0 Å². The third kappa shape index (κ3) is 2.92. The zero-order valence-corrected chi connectivity index (χ0v) is 16.4. The summed E-state index contributed by atoms with van der Waals surface area (Å²) in [7, 11) is 3.17. The summed E-state index contributed by atoms with van der Waals surface area (Å²) in [6.07, 6.45) is 5.33. The first-order valence-corrected chi connectivity index (χ1v) is 8.99. The minimum atomic E-state index is -0.223. The molecule has 4 rings (SSSR count). The van der Waals surface area contributed by atoms with Gasteiger partial charge in [0.15, 0.2) is 11.5 Å². The van der Waals surface area contributed by atoms with Crippen molar-refractivity contribution in [2.24, 2.45) is 0 Å². The highest BCUT2D eigenvalue weighted by atomic mass is 35.5. The van der Waals surface area contributed by atoms with Crippen LogP contribution >= 0.6 is 11.6 Å². The molecule has 0 saturated heterocycles. The van der Waals surface area contributed by atoms with Gasteiger partial charge in [-0.25, -0.2) is 4.98 Å². The van der Waals surface area contributed by atoms with Crippen LogP contribution in [0.1, 0.15) is 5.56 Å². The molecule has 0 bridgehead atoms. The van der Waals surface area contributed by atoms with E-state index in [9.17, 15) is 4.79 Å². The SMILES string of the molecule is COc1ccc(-c2cn3ccn(-c4cccc(Cl)c4C)c(=O)c3n2)cc1OC. The predicted octanol–water partition coefficient (Wildman–Crippen LogP) is 4.13. The number of halogens is 1. The summed E-state index contributed by atoms with van der Waals surface area (Å²) in [4.78, 5) is 17.6. The summed E-state index contributed by atoms with van der Waals surface area (Å²) in [5.74, 6) is 1.23. The zero-order chi connectivity index (χ0) is 19.8. The van der Waals surface area contributed by atoms with Crippen LogP contribution in [0.2, 0.25) is 5.02 Å². The lowest BCUT2D eigenvalue weighted by atomic mass is 10.1. The highest BCUT2D eigenvalue weighted by Gasteiger charge is 2.14. The lowest BCUT2D eigenvalue weighted by molar-refractivity contribution is 0.355. The number of hydrogen-bond donors (Lipinski definition) is 0. The highest BCUT2D eigenvalue weighted by molar-refractivity contribution is 6.31. The molecule has 0 saturated carbocycles. The number of nitrogens with zero attached hydrogens (tertiary/aromatic N) is 3. The Labute approximate surface area is 166 Å². The van der Waals surface area contributed by atoms with E-state index in [-0.39, 0.29) is 5.56 Å². The Morgan fingerprint density at radius 2 is 1.82 bits per heavy atom. The molecule has 6 nitrogen and oxygen atoms in total. The van der Waals surface area contributed by atoms with Crippen LogP contribution in [0.5, 0.6) is 11.5 Å². The average molecular weight is 396 g/mol. The topological polar surface area (TPSA) is 57.8 Å². The maximum atomic E-state index is 13.1. The molecule has 28 heavy (non-hydrogen) atoms. The molecule has 0 unspecified atom stereocenters. The fraction of sp³-hybridized carbons (Fsp3) is 0.143. The lowest BCUT2D eigenvalue weighted by Crippen LogP contribution is -2.20. The number of fused-ring (bicyclic) bond motifs is 1. The van der Waals surface area contributed by atoms with Crippen molar-refractivity contribution in [2.75, 3.05) is 14.2 Å². The van der Waals surface area contributed by atoms with Gasteiger partial charge in [-0.1, -0.05) is 17.7 Å². The van der Waals surface area contributed by atoms with Gasteiger partial charge in [0, 0.05) is 29.2 Å². The summed E-state index contributed by atoms with van der Waals surface area (Å²) < 4.78 is 13.9. The maximum absolute atomic E-state index is 13.1. The summed E-state index contributed by atoms with van der Waals surface area (Å²) in [5, 5.41) is 0.610. The van der Waals surface area contributed by atoms with Crippen LogP contribution in [-0.4, -0.2) is 28.2 Å². The molecule has 7 heteroatoms. The van der Waals surface area contributed by atoms with E-state index in [2.05, 4.69) is 4.98 Å². The predicted molar refractivity (Wildman–Crippen MR) is 109 cm³/mol. The van der Waals surface area contributed by atoms with Crippen molar-refractivity contribution in [3.63, 3.8) is 0 Å². The number of benzene rings is 2. The van der Waals surface area contributed by atoms with Gasteiger partial charge in [0.1, 0.15) is 0 Å². The molecule has 0 radical (unpaired) electrons. The fourth-order valence-electron chi connectivity index (χ4n) is 3.16. The van der Waals surface area contributed by atoms with Crippen molar-refractivity contribution in [3.8, 4) is 28.4 Å². The number of hydrogen-bond acceptors (Lipinski definition) is 4. The summed E-state index contributed by atoms with van der Waals surface area (Å²) in [6, 6.07) is 11.0. The van der Waals surface area contributed by atoms with Crippen molar-refractivity contribution >= 4 is 17.2 Å². The number of imidazole rings is 1. The van der Waals surface area contributed by atoms with Crippen LogP contribution in [0.15, 0.2) is 59.8 Å². The van der Waals surface area contributed by atoms with Gasteiger partial charge in [-0.15, -0.1) is 0 Å². The molecule has 142 valence electrons. The normalized spacial score (nSPS) is 11.0. The van der Waals surface area contributed by atoms with Crippen LogP contribution in [0.3, 0.4) is 0 Å². The Morgan fingerprint density at radius 3 is 2.57 bits per heavy atom. The molecule has 0 aliphatic rings. The first kappa shape index (κ1) is 18.1. The number of rotatable bonds is 4. The molecule has 2 aromatic heterocycles. The van der Waals surface area contributed by atoms with Crippen LogP contribution in [0.4, 0.5) is 0 Å². The molecule has 0 amide bonds. The second-order valence-electron chi connectivity index (χ2n) is 6.28. The van der Waals surface area contributed by atoms with E-state index in [1.54, 1.807) is 41.6 Å². The van der Waals surface area contributed by atoms with Gasteiger partial charge in [0.25, 0.3) is 5.56 Å². The monoisotopic (exact) mass is 395 g/mol. The van der Waals surface area contributed by atoms with E-state index in [1.165, 1.54) is 0 Å². The quantitative estimate of drug-likeness (QED) is 0.521. The molecular weight excluding hydrogens is 378 g/mol. The van der Waals surface area contributed by atoms with Crippen LogP contribution in [-0.2, 0) is 0 Å². The van der Waals surface area contributed by atoms with Crippen LogP contribution in [0, 0.1) is 6.92 Å². The molecule has 2 aromatic carbocycles. The zero-order valence-electron chi connectivity index (χ0n) is 15.6. The van der Waals surface area contributed by atoms with E-state index < -0.39 is 0 Å². The Morgan fingerprint density at radius 1 is 1.04 bits per heavy atom. The van der Waals surface area contributed by atoms with Crippen LogP contribution in [0.25, 0.3) is 22.6 Å². The molecule has 0 spiro atoms. The first-order chi connectivity index (χ1) is 13.5. The van der Waals surface area contributed by atoms with E-state index in [0.29, 0.717) is 27.9 Å². The van der Waals surface area contributed by atoms with Gasteiger partial charge in [0.05, 0.1) is 25.6 Å². The lowest BCUT2D eigenvalue weighted by Gasteiger charge is -2.10. The Bertz CT molecular complexity index is 1240. The second-order valence-corrected chi connectivity index (χ2v) is 6.69. The van der Waals surface area contributed by atoms with E-state index in [1.807, 2.05) is 43.5 Å². The van der Waals surface area contributed by atoms with Crippen molar-refractivity contribution in [1.82, 2.24) is 14.0 Å². The fourth-order valence-corrected chi connectivity index (χ4v) is 3.33. The number of aromatic nitrogens is 3. The molecule has 2 heterocycles. The van der Waals surface area contributed by atoms with Crippen molar-refractivity contribution in [3.05, 3.63) is 75.9 Å². The van der Waals surface area contributed by atoms with Crippen LogP contribution < -0.4 is 15.0 Å². The summed E-state index contributed by atoms with van der Waals surface area (Å²) in [5.41, 5.74) is 3.16. The second kappa shape index (κ2) is 7.05. The van der Waals surface area contributed by atoms with Crippen molar-refractivity contribution in [1.29, 1.82) is 0 Å². The highest BCUT2D eigenvalue weighted by Crippen LogP contribution is 2.31. The molecule has 0 N–H and O–H groups in total. The molecule has 4 aromatic rings. The third-order valence-electron chi connectivity index (χ3n) is 4.70. The van der Waals surface area contributed by atoms with Gasteiger partial charge in [0.2, 0.25) is 5.65 Å². The van der Waals surface area contributed by atoms with Gasteiger partial charge in [-0.2, -0.15) is 0 Å². The van der Waals surface area contributed by atoms with E-state index in [4.69, 9.17) is 21.1 Å². The summed E-state index contributed by atoms with van der Waals surface area (Å²) >= 11 is 6.21. The Hall–Kier alpha value is -3.25. The molecule has 0 aliphatic heterocycles. The van der Waals surface area contributed by atoms with Gasteiger partial charge < -0.3 is 13.9 Å². The van der Waals surface area contributed by atoms with Crippen molar-refractivity contribution < 1.29 is 9.47 Å². The first-order valence-electron chi connectivity index (χ1n) is 8.61. The number of methoxy groups -OCH3 is 2. The average Bonchev–Trinajstić information content (AvgIpc) is 3.15. The third-order valence-corrected chi connectivity index (χ3v) is 5.11. The summed E-state index contributed by atoms with van der Waals surface area (Å²) in [6.45, 7) is 1.88. The van der Waals surface area contributed by atoms with Gasteiger partial charge in [-0.3, -0.25) is 9.36 Å². The van der Waals surface area contributed by atoms with Gasteiger partial charge in [-0.05, 0) is 42.8 Å². The maximum Gasteiger partial charge on any atom is 0.298 e.